The molecule has 0 saturated carbocycles. The monoisotopic (exact) mass is 484 g/mol. The SMILES string of the molecule is O=C(CSCC(=O)Nc1nc2ccccc2s1)Nc1nc(-c2ccc3c(c2)OCO3)cs1. The number of anilines is 2. The van der Waals surface area contributed by atoms with Gasteiger partial charge in [-0.15, -0.1) is 23.1 Å². The fourth-order valence-corrected chi connectivity index (χ4v) is 5.23. The quantitative estimate of drug-likeness (QED) is 0.399. The molecule has 32 heavy (non-hydrogen) atoms. The molecular weight excluding hydrogens is 468 g/mol. The highest BCUT2D eigenvalue weighted by atomic mass is 32.2. The van der Waals surface area contributed by atoms with E-state index < -0.39 is 0 Å². The predicted molar refractivity (Wildman–Crippen MR) is 128 cm³/mol. The molecule has 0 spiro atoms. The normalized spacial score (nSPS) is 12.1. The van der Waals surface area contributed by atoms with Gasteiger partial charge >= 0.3 is 0 Å². The third kappa shape index (κ3) is 4.69. The van der Waals surface area contributed by atoms with E-state index in [1.807, 2.05) is 47.8 Å². The molecule has 0 aliphatic carbocycles. The summed E-state index contributed by atoms with van der Waals surface area (Å²) < 4.78 is 11.7. The van der Waals surface area contributed by atoms with E-state index in [1.54, 1.807) is 0 Å². The lowest BCUT2D eigenvalue weighted by atomic mass is 10.1. The van der Waals surface area contributed by atoms with Gasteiger partial charge in [0.05, 0.1) is 27.4 Å². The van der Waals surface area contributed by atoms with Gasteiger partial charge in [0.25, 0.3) is 0 Å². The standard InChI is InChI=1S/C21H16N4O4S3/c26-18(9-30-10-19(27)25-21-22-13-3-1-2-4-17(13)32-21)24-20-23-14(8-31-20)12-5-6-15-16(7-12)29-11-28-15/h1-8H,9-11H2,(H,22,25,27)(H,23,24,26). The topological polar surface area (TPSA) is 102 Å². The Kier molecular flexibility index (Phi) is 5.93. The summed E-state index contributed by atoms with van der Waals surface area (Å²) in [6.45, 7) is 0.216. The van der Waals surface area contributed by atoms with Crippen LogP contribution in [0.1, 0.15) is 0 Å². The first-order chi connectivity index (χ1) is 15.6. The molecule has 0 saturated heterocycles. The fraction of sp³-hybridized carbons (Fsp3) is 0.143. The van der Waals surface area contributed by atoms with Gasteiger partial charge in [0, 0.05) is 10.9 Å². The summed E-state index contributed by atoms with van der Waals surface area (Å²) >= 11 is 3.99. The highest BCUT2D eigenvalue weighted by Gasteiger charge is 2.16. The maximum atomic E-state index is 12.2. The number of nitrogens with zero attached hydrogens (tertiary/aromatic N) is 2. The average Bonchev–Trinajstić information content (AvgIpc) is 3.52. The van der Waals surface area contributed by atoms with Crippen LogP contribution in [0, 0.1) is 0 Å². The number of para-hydroxylation sites is 1. The molecule has 0 radical (unpaired) electrons. The van der Waals surface area contributed by atoms with Gasteiger partial charge in [-0.3, -0.25) is 9.59 Å². The van der Waals surface area contributed by atoms with E-state index in [-0.39, 0.29) is 30.1 Å². The first-order valence-electron chi connectivity index (χ1n) is 9.52. The van der Waals surface area contributed by atoms with Crippen LogP contribution in [0.3, 0.4) is 0 Å². The summed E-state index contributed by atoms with van der Waals surface area (Å²) in [5.74, 6) is 1.29. The molecule has 5 rings (SSSR count). The van der Waals surface area contributed by atoms with Gasteiger partial charge in [-0.05, 0) is 30.3 Å². The number of rotatable bonds is 7. The van der Waals surface area contributed by atoms with Crippen molar-refractivity contribution in [3.8, 4) is 22.8 Å². The largest absolute Gasteiger partial charge is 0.454 e. The van der Waals surface area contributed by atoms with Crippen LogP contribution in [0.5, 0.6) is 11.5 Å². The summed E-state index contributed by atoms with van der Waals surface area (Å²) in [7, 11) is 0. The second-order valence-electron chi connectivity index (χ2n) is 6.68. The van der Waals surface area contributed by atoms with Gasteiger partial charge in [-0.2, -0.15) is 0 Å². The molecule has 4 aromatic rings. The molecule has 0 unspecified atom stereocenters. The highest BCUT2D eigenvalue weighted by molar-refractivity contribution is 8.00. The van der Waals surface area contributed by atoms with Crippen LogP contribution in [0.15, 0.2) is 47.8 Å². The molecule has 2 amide bonds. The van der Waals surface area contributed by atoms with Gasteiger partial charge in [0.15, 0.2) is 21.8 Å². The van der Waals surface area contributed by atoms with E-state index in [0.29, 0.717) is 21.8 Å². The summed E-state index contributed by atoms with van der Waals surface area (Å²) in [4.78, 5) is 33.2. The van der Waals surface area contributed by atoms with Crippen molar-refractivity contribution in [2.45, 2.75) is 0 Å². The Hall–Kier alpha value is -3.15. The maximum Gasteiger partial charge on any atom is 0.236 e. The smallest absolute Gasteiger partial charge is 0.236 e. The van der Waals surface area contributed by atoms with Crippen molar-refractivity contribution in [2.24, 2.45) is 0 Å². The average molecular weight is 485 g/mol. The summed E-state index contributed by atoms with van der Waals surface area (Å²) in [6.07, 6.45) is 0. The zero-order chi connectivity index (χ0) is 21.9. The molecule has 1 aliphatic rings. The number of hydrogen-bond acceptors (Lipinski definition) is 9. The minimum absolute atomic E-state index is 0.145. The van der Waals surface area contributed by atoms with E-state index in [2.05, 4.69) is 20.6 Å². The Balaban J connectivity index is 1.09. The van der Waals surface area contributed by atoms with Gasteiger partial charge in [0.1, 0.15) is 0 Å². The van der Waals surface area contributed by atoms with Crippen LogP contribution < -0.4 is 20.1 Å². The van der Waals surface area contributed by atoms with Crippen LogP contribution in [0.2, 0.25) is 0 Å². The van der Waals surface area contributed by atoms with Crippen molar-refractivity contribution in [3.63, 3.8) is 0 Å². The minimum atomic E-state index is -0.214. The van der Waals surface area contributed by atoms with E-state index in [1.165, 1.54) is 34.4 Å². The number of carbonyl (C=O) groups excluding carboxylic acids is 2. The fourth-order valence-electron chi connectivity index (χ4n) is 2.99. The molecule has 2 aromatic heterocycles. The lowest BCUT2D eigenvalue weighted by Crippen LogP contribution is -2.18. The van der Waals surface area contributed by atoms with Crippen molar-refractivity contribution in [2.75, 3.05) is 28.9 Å². The molecule has 11 heteroatoms. The van der Waals surface area contributed by atoms with Gasteiger partial charge in [-0.25, -0.2) is 9.97 Å². The number of ether oxygens (including phenoxy) is 2. The molecule has 0 bridgehead atoms. The number of thioether (sulfide) groups is 1. The van der Waals surface area contributed by atoms with Crippen LogP contribution >= 0.6 is 34.4 Å². The van der Waals surface area contributed by atoms with E-state index >= 15 is 0 Å². The lowest BCUT2D eigenvalue weighted by Gasteiger charge is -2.03. The molecule has 8 nitrogen and oxygen atoms in total. The molecular formula is C21H16N4O4S3. The van der Waals surface area contributed by atoms with Crippen LogP contribution in [-0.4, -0.2) is 40.1 Å². The van der Waals surface area contributed by atoms with Gasteiger partial charge in [0.2, 0.25) is 18.6 Å². The number of fused-ring (bicyclic) bond motifs is 2. The highest BCUT2D eigenvalue weighted by Crippen LogP contribution is 2.36. The number of hydrogen-bond donors (Lipinski definition) is 2. The second-order valence-corrected chi connectivity index (χ2v) is 9.56. The molecule has 1 aliphatic heterocycles. The molecule has 162 valence electrons. The second kappa shape index (κ2) is 9.15. The zero-order valence-electron chi connectivity index (χ0n) is 16.5. The maximum absolute atomic E-state index is 12.2. The van der Waals surface area contributed by atoms with E-state index in [4.69, 9.17) is 9.47 Å². The van der Waals surface area contributed by atoms with Crippen LogP contribution in [0.4, 0.5) is 10.3 Å². The number of carbonyl (C=O) groups is 2. The molecule has 2 N–H and O–H groups in total. The summed E-state index contributed by atoms with van der Waals surface area (Å²) in [6, 6.07) is 13.3. The molecule has 0 atom stereocenters. The Morgan fingerprint density at radius 2 is 1.75 bits per heavy atom. The van der Waals surface area contributed by atoms with Crippen molar-refractivity contribution in [1.82, 2.24) is 9.97 Å². The first kappa shape index (κ1) is 20.7. The molecule has 0 fully saturated rings. The zero-order valence-corrected chi connectivity index (χ0v) is 18.9. The Labute approximate surface area is 195 Å². The Morgan fingerprint density at radius 1 is 0.969 bits per heavy atom. The van der Waals surface area contributed by atoms with Crippen LogP contribution in [0.25, 0.3) is 21.5 Å². The number of aromatic nitrogens is 2. The van der Waals surface area contributed by atoms with Gasteiger partial charge in [-0.1, -0.05) is 23.5 Å². The summed E-state index contributed by atoms with van der Waals surface area (Å²) in [5, 5.41) is 8.48. The van der Waals surface area contributed by atoms with E-state index in [0.717, 1.165) is 21.5 Å². The number of nitrogens with one attached hydrogen (secondary N) is 2. The third-order valence-corrected chi connectivity index (χ3v) is 7.07. The van der Waals surface area contributed by atoms with E-state index in [9.17, 15) is 9.59 Å². The molecule has 2 aromatic carbocycles. The first-order valence-corrected chi connectivity index (χ1v) is 12.4. The third-order valence-electron chi connectivity index (χ3n) is 4.43. The lowest BCUT2D eigenvalue weighted by molar-refractivity contribution is -0.114. The van der Waals surface area contributed by atoms with Gasteiger partial charge < -0.3 is 20.1 Å². The van der Waals surface area contributed by atoms with Crippen molar-refractivity contribution >= 4 is 66.7 Å². The Morgan fingerprint density at radius 3 is 2.59 bits per heavy atom. The van der Waals surface area contributed by atoms with Crippen molar-refractivity contribution in [1.29, 1.82) is 0 Å². The summed E-state index contributed by atoms with van der Waals surface area (Å²) in [5.41, 5.74) is 2.47. The number of amides is 2. The predicted octanol–water partition coefficient (Wildman–Crippen LogP) is 4.46. The number of benzene rings is 2. The minimum Gasteiger partial charge on any atom is -0.454 e. The van der Waals surface area contributed by atoms with Crippen molar-refractivity contribution < 1.29 is 19.1 Å². The molecule has 3 heterocycles. The Bertz CT molecular complexity index is 1270. The van der Waals surface area contributed by atoms with Crippen LogP contribution in [-0.2, 0) is 9.59 Å². The van der Waals surface area contributed by atoms with Crippen molar-refractivity contribution in [3.05, 3.63) is 47.8 Å². The number of thiazole rings is 2.